The normalized spacial score (nSPS) is 10.9. The van der Waals surface area contributed by atoms with Crippen molar-refractivity contribution in [2.45, 2.75) is 26.7 Å². The fraction of sp³-hybridized carbons (Fsp3) is 0.357. The molecule has 96 valence electrons. The summed E-state index contributed by atoms with van der Waals surface area (Å²) in [4.78, 5) is 4.38. The largest absolute Gasteiger partial charge is 0.370 e. The maximum Gasteiger partial charge on any atom is 0.150 e. The smallest absolute Gasteiger partial charge is 0.150 e. The van der Waals surface area contributed by atoms with Crippen molar-refractivity contribution in [1.82, 2.24) is 4.98 Å². The first-order chi connectivity index (χ1) is 8.65. The van der Waals surface area contributed by atoms with E-state index in [1.807, 2.05) is 6.07 Å². The second kappa shape index (κ2) is 5.53. The summed E-state index contributed by atoms with van der Waals surface area (Å²) < 4.78 is 13.8. The van der Waals surface area contributed by atoms with Gasteiger partial charge in [-0.25, -0.2) is 9.37 Å². The molecule has 1 N–H and O–H groups in total. The molecule has 0 spiro atoms. The summed E-state index contributed by atoms with van der Waals surface area (Å²) >= 11 is 5.86. The van der Waals surface area contributed by atoms with Gasteiger partial charge in [0.1, 0.15) is 11.3 Å². The zero-order valence-electron chi connectivity index (χ0n) is 10.6. The molecular formula is C14H16ClFN2. The van der Waals surface area contributed by atoms with Gasteiger partial charge in [0.05, 0.1) is 0 Å². The van der Waals surface area contributed by atoms with Crippen LogP contribution in [-0.4, -0.2) is 11.5 Å². The Morgan fingerprint density at radius 3 is 2.72 bits per heavy atom. The van der Waals surface area contributed by atoms with Crippen LogP contribution < -0.4 is 5.32 Å². The quantitative estimate of drug-likeness (QED) is 0.887. The first kappa shape index (κ1) is 13.1. The Kier molecular flexibility index (Phi) is 4.02. The molecule has 0 fully saturated rings. The molecule has 0 bridgehead atoms. The molecule has 0 aliphatic rings. The second-order valence-corrected chi connectivity index (χ2v) is 4.67. The summed E-state index contributed by atoms with van der Waals surface area (Å²) in [6.07, 6.45) is 1.86. The molecular weight excluding hydrogens is 251 g/mol. The van der Waals surface area contributed by atoms with Crippen molar-refractivity contribution in [3.05, 3.63) is 34.6 Å². The monoisotopic (exact) mass is 266 g/mol. The van der Waals surface area contributed by atoms with Crippen molar-refractivity contribution in [2.24, 2.45) is 0 Å². The highest BCUT2D eigenvalue weighted by atomic mass is 35.5. The van der Waals surface area contributed by atoms with Crippen molar-refractivity contribution in [3.63, 3.8) is 0 Å². The third-order valence-corrected chi connectivity index (χ3v) is 3.06. The number of aryl methyl sites for hydroxylation is 1. The summed E-state index contributed by atoms with van der Waals surface area (Å²) in [7, 11) is 0. The van der Waals surface area contributed by atoms with Crippen LogP contribution in [0.4, 0.5) is 10.2 Å². The molecule has 18 heavy (non-hydrogen) atoms. The number of hydrogen-bond acceptors (Lipinski definition) is 2. The van der Waals surface area contributed by atoms with E-state index in [9.17, 15) is 4.39 Å². The minimum absolute atomic E-state index is 0.371. The highest BCUT2D eigenvalue weighted by Gasteiger charge is 2.09. The Bertz CT molecular complexity index is 569. The van der Waals surface area contributed by atoms with E-state index in [1.165, 1.54) is 6.07 Å². The average Bonchev–Trinajstić information content (AvgIpc) is 2.35. The lowest BCUT2D eigenvalue weighted by Gasteiger charge is -2.11. The molecule has 0 amide bonds. The summed E-state index contributed by atoms with van der Waals surface area (Å²) in [6.45, 7) is 4.97. The average molecular weight is 267 g/mol. The van der Waals surface area contributed by atoms with Crippen LogP contribution in [0.15, 0.2) is 18.2 Å². The summed E-state index contributed by atoms with van der Waals surface area (Å²) in [5.74, 6) is 0.396. The Hall–Kier alpha value is -1.35. The van der Waals surface area contributed by atoms with Crippen molar-refractivity contribution in [1.29, 1.82) is 0 Å². The van der Waals surface area contributed by atoms with E-state index in [4.69, 9.17) is 11.6 Å². The number of rotatable bonds is 4. The molecule has 0 aliphatic heterocycles. The van der Waals surface area contributed by atoms with Gasteiger partial charge in [-0.1, -0.05) is 25.4 Å². The molecule has 0 saturated heterocycles. The number of anilines is 1. The second-order valence-electron chi connectivity index (χ2n) is 4.24. The third kappa shape index (κ3) is 2.56. The number of nitrogens with zero attached hydrogens (tertiary/aromatic N) is 1. The van der Waals surface area contributed by atoms with Gasteiger partial charge in [0, 0.05) is 17.0 Å². The number of pyridine rings is 1. The Labute approximate surface area is 111 Å². The van der Waals surface area contributed by atoms with Gasteiger partial charge in [-0.15, -0.1) is 0 Å². The van der Waals surface area contributed by atoms with Crippen LogP contribution in [0.1, 0.15) is 25.8 Å². The molecule has 2 nitrogen and oxygen atoms in total. The highest BCUT2D eigenvalue weighted by molar-refractivity contribution is 6.31. The minimum atomic E-state index is -0.375. The van der Waals surface area contributed by atoms with Crippen molar-refractivity contribution < 1.29 is 4.39 Å². The van der Waals surface area contributed by atoms with Gasteiger partial charge in [-0.05, 0) is 36.6 Å². The van der Waals surface area contributed by atoms with Gasteiger partial charge in [0.15, 0.2) is 5.82 Å². The highest BCUT2D eigenvalue weighted by Crippen LogP contribution is 2.26. The molecule has 2 aromatic rings. The predicted molar refractivity (Wildman–Crippen MR) is 74.9 cm³/mol. The van der Waals surface area contributed by atoms with Crippen molar-refractivity contribution in [2.75, 3.05) is 11.9 Å². The molecule has 0 saturated carbocycles. The van der Waals surface area contributed by atoms with Crippen LogP contribution in [-0.2, 0) is 6.42 Å². The van der Waals surface area contributed by atoms with E-state index in [0.717, 1.165) is 36.2 Å². The lowest BCUT2D eigenvalue weighted by molar-refractivity contribution is 0.637. The van der Waals surface area contributed by atoms with Crippen LogP contribution in [0.3, 0.4) is 0 Å². The molecule has 1 heterocycles. The standard InChI is InChI=1S/C14H16ClFN2/c1-3-5-17-14-9(4-2)6-10-7-11(15)8-12(16)13(10)18-14/h6-8H,3-5H2,1-2H3,(H,17,18). The summed E-state index contributed by atoms with van der Waals surface area (Å²) in [5, 5.41) is 4.39. The lowest BCUT2D eigenvalue weighted by atomic mass is 10.1. The number of nitrogens with one attached hydrogen (secondary N) is 1. The SMILES string of the molecule is CCCNc1nc2c(F)cc(Cl)cc2cc1CC. The van der Waals surface area contributed by atoms with Gasteiger partial charge in [0.2, 0.25) is 0 Å². The lowest BCUT2D eigenvalue weighted by Crippen LogP contribution is -2.05. The van der Waals surface area contributed by atoms with Crippen LogP contribution in [0.2, 0.25) is 5.02 Å². The molecule has 1 aromatic heterocycles. The summed E-state index contributed by atoms with van der Waals surface area (Å²) in [6, 6.07) is 5.00. The van der Waals surface area contributed by atoms with Gasteiger partial charge in [0.25, 0.3) is 0 Å². The number of fused-ring (bicyclic) bond motifs is 1. The van der Waals surface area contributed by atoms with Gasteiger partial charge in [-0.2, -0.15) is 0 Å². The molecule has 4 heteroatoms. The molecule has 0 radical (unpaired) electrons. The van der Waals surface area contributed by atoms with Crippen molar-refractivity contribution >= 4 is 28.3 Å². The Morgan fingerprint density at radius 2 is 2.06 bits per heavy atom. The number of halogens is 2. The maximum atomic E-state index is 13.8. The Morgan fingerprint density at radius 1 is 1.28 bits per heavy atom. The number of aromatic nitrogens is 1. The van der Waals surface area contributed by atoms with Gasteiger partial charge in [-0.3, -0.25) is 0 Å². The molecule has 1 aromatic carbocycles. The molecule has 0 atom stereocenters. The van der Waals surface area contributed by atoms with E-state index < -0.39 is 0 Å². The zero-order chi connectivity index (χ0) is 13.1. The minimum Gasteiger partial charge on any atom is -0.370 e. The summed E-state index contributed by atoms with van der Waals surface area (Å²) in [5.41, 5.74) is 1.45. The number of hydrogen-bond donors (Lipinski definition) is 1. The Balaban J connectivity index is 2.57. The van der Waals surface area contributed by atoms with Crippen LogP contribution in [0.5, 0.6) is 0 Å². The topological polar surface area (TPSA) is 24.9 Å². The number of benzene rings is 1. The van der Waals surface area contributed by atoms with Crippen molar-refractivity contribution in [3.8, 4) is 0 Å². The first-order valence-electron chi connectivity index (χ1n) is 6.18. The van der Waals surface area contributed by atoms with E-state index in [1.54, 1.807) is 6.07 Å². The first-order valence-corrected chi connectivity index (χ1v) is 6.56. The van der Waals surface area contributed by atoms with E-state index in [0.29, 0.717) is 10.5 Å². The molecule has 2 rings (SSSR count). The van der Waals surface area contributed by atoms with E-state index >= 15 is 0 Å². The fourth-order valence-electron chi connectivity index (χ4n) is 1.92. The van der Waals surface area contributed by atoms with E-state index in [-0.39, 0.29) is 5.82 Å². The molecule has 0 unspecified atom stereocenters. The van der Waals surface area contributed by atoms with Gasteiger partial charge < -0.3 is 5.32 Å². The van der Waals surface area contributed by atoms with Gasteiger partial charge >= 0.3 is 0 Å². The van der Waals surface area contributed by atoms with Crippen LogP contribution in [0.25, 0.3) is 10.9 Å². The van der Waals surface area contributed by atoms with Crippen LogP contribution in [0, 0.1) is 5.82 Å². The third-order valence-electron chi connectivity index (χ3n) is 2.84. The molecule has 0 aliphatic carbocycles. The predicted octanol–water partition coefficient (Wildman–Crippen LogP) is 4.41. The maximum absolute atomic E-state index is 13.8. The van der Waals surface area contributed by atoms with Crippen LogP contribution >= 0.6 is 11.6 Å². The fourth-order valence-corrected chi connectivity index (χ4v) is 2.13. The zero-order valence-corrected chi connectivity index (χ0v) is 11.3. The van der Waals surface area contributed by atoms with E-state index in [2.05, 4.69) is 24.1 Å².